The number of rotatable bonds is 5. The molecular formula is C20H24ClN5O. The maximum atomic E-state index is 12.9. The molecule has 0 spiro atoms. The van der Waals surface area contributed by atoms with Crippen molar-refractivity contribution in [1.29, 1.82) is 0 Å². The molecule has 3 atom stereocenters. The minimum absolute atomic E-state index is 0.102. The lowest BCUT2D eigenvalue weighted by Gasteiger charge is -2.24. The van der Waals surface area contributed by atoms with Gasteiger partial charge >= 0.3 is 0 Å². The zero-order valence-corrected chi connectivity index (χ0v) is 16.1. The van der Waals surface area contributed by atoms with Crippen LogP contribution in [0.15, 0.2) is 36.5 Å². The molecule has 2 aromatic rings. The van der Waals surface area contributed by atoms with Gasteiger partial charge in [-0.15, -0.1) is 0 Å². The predicted molar refractivity (Wildman–Crippen MR) is 105 cm³/mol. The topological polar surface area (TPSA) is 75.4 Å². The molecule has 142 valence electrons. The van der Waals surface area contributed by atoms with Crippen LogP contribution in [0.25, 0.3) is 0 Å². The number of halogens is 1. The molecule has 1 saturated carbocycles. The Morgan fingerprint density at radius 3 is 3.04 bits per heavy atom. The first kappa shape index (κ1) is 18.2. The van der Waals surface area contributed by atoms with Gasteiger partial charge in [-0.1, -0.05) is 23.7 Å². The van der Waals surface area contributed by atoms with Gasteiger partial charge in [-0.25, -0.2) is 9.97 Å². The number of likely N-dealkylation sites (N-methyl/N-ethyl adjacent to an activating group) is 1. The molecule has 1 aromatic carbocycles. The monoisotopic (exact) mass is 385 g/mol. The summed E-state index contributed by atoms with van der Waals surface area (Å²) >= 11 is 6.08. The Kier molecular flexibility index (Phi) is 5.02. The molecule has 6 nitrogen and oxygen atoms in total. The summed E-state index contributed by atoms with van der Waals surface area (Å²) in [5.74, 6) is 1.89. The molecule has 1 saturated heterocycles. The second-order valence-corrected chi connectivity index (χ2v) is 7.98. The van der Waals surface area contributed by atoms with Crippen molar-refractivity contribution in [1.82, 2.24) is 19.8 Å². The largest absolute Gasteiger partial charge is 0.384 e. The van der Waals surface area contributed by atoms with Crippen LogP contribution in [0.4, 0.5) is 5.82 Å². The number of nitrogens with two attached hydrogens (primary N) is 1. The minimum atomic E-state index is 0.102. The van der Waals surface area contributed by atoms with Crippen LogP contribution in [0.3, 0.4) is 0 Å². The van der Waals surface area contributed by atoms with E-state index in [0.717, 1.165) is 31.0 Å². The first-order valence-corrected chi connectivity index (χ1v) is 9.71. The summed E-state index contributed by atoms with van der Waals surface area (Å²) in [6.07, 6.45) is 3.57. The molecule has 2 fully saturated rings. The molecule has 2 N–H and O–H groups in total. The Morgan fingerprint density at radius 2 is 2.26 bits per heavy atom. The summed E-state index contributed by atoms with van der Waals surface area (Å²) in [4.78, 5) is 25.6. The summed E-state index contributed by atoms with van der Waals surface area (Å²) < 4.78 is 0. The SMILES string of the molecule is CN(Cc1nccc(N)n1)[C@@H]1CCN(C(=O)[C@H]2C[C@H]2c2cccc(Cl)c2)C1. The lowest BCUT2D eigenvalue weighted by molar-refractivity contribution is -0.131. The fourth-order valence-corrected chi connectivity index (χ4v) is 4.15. The number of hydrogen-bond acceptors (Lipinski definition) is 5. The highest BCUT2D eigenvalue weighted by Gasteiger charge is 2.47. The summed E-state index contributed by atoms with van der Waals surface area (Å²) in [6.45, 7) is 2.20. The van der Waals surface area contributed by atoms with Gasteiger partial charge in [0.15, 0.2) is 0 Å². The fraction of sp³-hybridized carbons (Fsp3) is 0.450. The van der Waals surface area contributed by atoms with Crippen LogP contribution >= 0.6 is 11.6 Å². The average molecular weight is 386 g/mol. The van der Waals surface area contributed by atoms with Gasteiger partial charge in [-0.05, 0) is 49.6 Å². The quantitative estimate of drug-likeness (QED) is 0.856. The van der Waals surface area contributed by atoms with Crippen molar-refractivity contribution >= 4 is 23.3 Å². The van der Waals surface area contributed by atoms with Crippen LogP contribution in [0.5, 0.6) is 0 Å². The molecule has 7 heteroatoms. The van der Waals surface area contributed by atoms with Gasteiger partial charge in [-0.2, -0.15) is 0 Å². The summed E-state index contributed by atoms with van der Waals surface area (Å²) in [5, 5.41) is 0.734. The van der Waals surface area contributed by atoms with E-state index in [9.17, 15) is 4.79 Å². The van der Waals surface area contributed by atoms with E-state index in [2.05, 4.69) is 28.0 Å². The normalized spacial score (nSPS) is 24.4. The first-order chi connectivity index (χ1) is 13.0. The van der Waals surface area contributed by atoms with E-state index < -0.39 is 0 Å². The number of benzene rings is 1. The number of likely N-dealkylation sites (tertiary alicyclic amines) is 1. The van der Waals surface area contributed by atoms with Gasteiger partial charge in [0.25, 0.3) is 0 Å². The number of carbonyl (C=O) groups excluding carboxylic acids is 1. The Hall–Kier alpha value is -2.18. The molecule has 0 bridgehead atoms. The molecule has 0 unspecified atom stereocenters. The Labute approximate surface area is 164 Å². The number of carbonyl (C=O) groups is 1. The highest BCUT2D eigenvalue weighted by Crippen LogP contribution is 2.49. The van der Waals surface area contributed by atoms with E-state index >= 15 is 0 Å². The van der Waals surface area contributed by atoms with Crippen LogP contribution in [-0.2, 0) is 11.3 Å². The molecule has 4 rings (SSSR count). The molecule has 1 amide bonds. The van der Waals surface area contributed by atoms with Crippen molar-refractivity contribution in [2.24, 2.45) is 5.92 Å². The third kappa shape index (κ3) is 4.06. The lowest BCUT2D eigenvalue weighted by atomic mass is 10.1. The molecule has 27 heavy (non-hydrogen) atoms. The van der Waals surface area contributed by atoms with E-state index in [1.165, 1.54) is 5.56 Å². The number of nitrogen functional groups attached to an aromatic ring is 1. The maximum absolute atomic E-state index is 12.9. The molecule has 1 aromatic heterocycles. The van der Waals surface area contributed by atoms with Crippen LogP contribution < -0.4 is 5.73 Å². The smallest absolute Gasteiger partial charge is 0.226 e. The molecule has 1 aliphatic heterocycles. The number of aromatic nitrogens is 2. The van der Waals surface area contributed by atoms with Crippen LogP contribution in [0.1, 0.15) is 30.1 Å². The van der Waals surface area contributed by atoms with E-state index in [4.69, 9.17) is 17.3 Å². The zero-order chi connectivity index (χ0) is 19.0. The fourth-order valence-electron chi connectivity index (χ4n) is 3.95. The Morgan fingerprint density at radius 1 is 1.41 bits per heavy atom. The molecular weight excluding hydrogens is 362 g/mol. The molecule has 2 heterocycles. The van der Waals surface area contributed by atoms with Crippen molar-refractivity contribution in [3.63, 3.8) is 0 Å². The van der Waals surface area contributed by atoms with Gasteiger partial charge in [0, 0.05) is 36.3 Å². The predicted octanol–water partition coefficient (Wildman–Crippen LogP) is 2.55. The van der Waals surface area contributed by atoms with Gasteiger partial charge in [0.2, 0.25) is 5.91 Å². The highest BCUT2D eigenvalue weighted by molar-refractivity contribution is 6.30. The van der Waals surface area contributed by atoms with Crippen LogP contribution in [-0.4, -0.2) is 51.9 Å². The Balaban J connectivity index is 1.32. The van der Waals surface area contributed by atoms with Crippen molar-refractivity contribution in [3.8, 4) is 0 Å². The van der Waals surface area contributed by atoms with Crippen LogP contribution in [0, 0.1) is 5.92 Å². The lowest BCUT2D eigenvalue weighted by Crippen LogP contribution is -2.37. The van der Waals surface area contributed by atoms with Crippen molar-refractivity contribution in [2.45, 2.75) is 31.3 Å². The van der Waals surface area contributed by atoms with Crippen LogP contribution in [0.2, 0.25) is 5.02 Å². The number of amides is 1. The van der Waals surface area contributed by atoms with E-state index in [-0.39, 0.29) is 11.8 Å². The third-order valence-electron chi connectivity index (χ3n) is 5.60. The zero-order valence-electron chi connectivity index (χ0n) is 15.4. The second kappa shape index (κ2) is 7.44. The molecule has 2 aliphatic rings. The standard InChI is InChI=1S/C20H24ClN5O/c1-25(12-19-23-7-5-18(22)24-19)15-6-8-26(11-15)20(27)17-10-16(17)13-3-2-4-14(21)9-13/h2-5,7,9,15-17H,6,8,10-12H2,1H3,(H2,22,23,24)/t15-,16+,17+/m1/s1. The first-order valence-electron chi connectivity index (χ1n) is 9.33. The van der Waals surface area contributed by atoms with E-state index in [1.807, 2.05) is 23.1 Å². The minimum Gasteiger partial charge on any atom is -0.384 e. The van der Waals surface area contributed by atoms with Gasteiger partial charge in [0.05, 0.1) is 6.54 Å². The number of anilines is 1. The highest BCUT2D eigenvalue weighted by atomic mass is 35.5. The number of nitrogens with zero attached hydrogens (tertiary/aromatic N) is 4. The maximum Gasteiger partial charge on any atom is 0.226 e. The second-order valence-electron chi connectivity index (χ2n) is 7.54. The summed E-state index contributed by atoms with van der Waals surface area (Å²) in [7, 11) is 2.05. The Bertz CT molecular complexity index is 845. The molecule has 0 radical (unpaired) electrons. The average Bonchev–Trinajstić information content (AvgIpc) is 3.29. The molecule has 1 aliphatic carbocycles. The van der Waals surface area contributed by atoms with Gasteiger partial charge in [0.1, 0.15) is 11.6 Å². The van der Waals surface area contributed by atoms with Crippen molar-refractivity contribution in [3.05, 3.63) is 52.9 Å². The van der Waals surface area contributed by atoms with Gasteiger partial charge in [-0.3, -0.25) is 9.69 Å². The van der Waals surface area contributed by atoms with Gasteiger partial charge < -0.3 is 10.6 Å². The summed E-state index contributed by atoms with van der Waals surface area (Å²) in [6, 6.07) is 9.88. The summed E-state index contributed by atoms with van der Waals surface area (Å²) in [5.41, 5.74) is 6.90. The van der Waals surface area contributed by atoms with Crippen molar-refractivity contribution in [2.75, 3.05) is 25.9 Å². The van der Waals surface area contributed by atoms with Crippen molar-refractivity contribution < 1.29 is 4.79 Å². The van der Waals surface area contributed by atoms with E-state index in [0.29, 0.717) is 30.1 Å². The third-order valence-corrected chi connectivity index (χ3v) is 5.84. The van der Waals surface area contributed by atoms with E-state index in [1.54, 1.807) is 12.3 Å². The number of hydrogen-bond donors (Lipinski definition) is 1.